The first kappa shape index (κ1) is 17.3. The van der Waals surface area contributed by atoms with E-state index in [1.165, 1.54) is 17.0 Å². The third kappa shape index (κ3) is 2.93. The Morgan fingerprint density at radius 1 is 1.29 bits per heavy atom. The molecule has 1 aromatic rings. The zero-order valence-corrected chi connectivity index (χ0v) is 14.4. The molecule has 1 aromatic carbocycles. The van der Waals surface area contributed by atoms with E-state index in [9.17, 15) is 22.0 Å². The quantitative estimate of drug-likeness (QED) is 0.798. The van der Waals surface area contributed by atoms with E-state index in [0.717, 1.165) is 6.07 Å². The lowest BCUT2D eigenvalue weighted by Crippen LogP contribution is -2.39. The smallest absolute Gasteiger partial charge is 0.227 e. The van der Waals surface area contributed by atoms with E-state index >= 15 is 0 Å². The van der Waals surface area contributed by atoms with Crippen molar-refractivity contribution in [3.63, 3.8) is 0 Å². The monoisotopic (exact) mass is 358 g/mol. The Morgan fingerprint density at radius 3 is 2.67 bits per heavy atom. The Bertz CT molecular complexity index is 767. The molecule has 2 aliphatic heterocycles. The Balaban J connectivity index is 1.76. The molecule has 24 heavy (non-hydrogen) atoms. The van der Waals surface area contributed by atoms with Crippen molar-refractivity contribution in [1.82, 2.24) is 9.80 Å². The van der Waals surface area contributed by atoms with Crippen LogP contribution in [-0.4, -0.2) is 68.4 Å². The number of hydrogen-bond acceptors (Lipinski definition) is 4. The number of halogens is 2. The number of benzene rings is 1. The molecule has 0 bridgehead atoms. The van der Waals surface area contributed by atoms with Crippen LogP contribution in [-0.2, 0) is 21.1 Å². The molecule has 0 saturated carbocycles. The van der Waals surface area contributed by atoms with Crippen LogP contribution in [0.1, 0.15) is 5.56 Å². The minimum Gasteiger partial charge on any atom is -0.341 e. The molecule has 132 valence electrons. The minimum atomic E-state index is -3.24. The fraction of sp³-hybridized carbons (Fsp3) is 0.562. The van der Waals surface area contributed by atoms with Gasteiger partial charge in [-0.2, -0.15) is 0 Å². The fourth-order valence-corrected chi connectivity index (χ4v) is 6.20. The van der Waals surface area contributed by atoms with Gasteiger partial charge in [-0.1, -0.05) is 12.1 Å². The molecule has 3 atom stereocenters. The van der Waals surface area contributed by atoms with Gasteiger partial charge in [-0.05, 0) is 20.2 Å². The second-order valence-electron chi connectivity index (χ2n) is 6.75. The molecule has 3 rings (SSSR count). The molecule has 0 aromatic heterocycles. The van der Waals surface area contributed by atoms with Crippen molar-refractivity contribution >= 4 is 15.7 Å². The molecule has 0 aliphatic carbocycles. The first-order chi connectivity index (χ1) is 11.2. The normalized spacial score (nSPS) is 28.4. The predicted octanol–water partition coefficient (Wildman–Crippen LogP) is 0.693. The highest BCUT2D eigenvalue weighted by Gasteiger charge is 2.53. The van der Waals surface area contributed by atoms with E-state index in [0.29, 0.717) is 6.54 Å². The van der Waals surface area contributed by atoms with Crippen LogP contribution in [0.5, 0.6) is 0 Å². The molecular formula is C16H20F2N2O3S. The lowest BCUT2D eigenvalue weighted by Gasteiger charge is -2.25. The van der Waals surface area contributed by atoms with E-state index in [1.807, 2.05) is 19.0 Å². The van der Waals surface area contributed by atoms with Crippen molar-refractivity contribution in [2.45, 2.75) is 17.7 Å². The van der Waals surface area contributed by atoms with Gasteiger partial charge in [-0.3, -0.25) is 4.79 Å². The lowest BCUT2D eigenvalue weighted by molar-refractivity contribution is -0.129. The molecule has 2 saturated heterocycles. The molecular weight excluding hydrogens is 338 g/mol. The Morgan fingerprint density at radius 2 is 2.00 bits per heavy atom. The standard InChI is InChI=1S/C16H20F2N2O3S/c1-19(2)13-9-24(22,23)14-8-20(7-11(13)14)15(21)6-10-4-3-5-12(17)16(10)18/h3-5,11,13-14H,6-9H2,1-2H3/t11-,13-,14-/m0/s1. The maximum atomic E-state index is 13.7. The number of fused-ring (bicyclic) bond motifs is 1. The molecule has 0 spiro atoms. The van der Waals surface area contributed by atoms with Gasteiger partial charge in [0.05, 0.1) is 17.4 Å². The van der Waals surface area contributed by atoms with Gasteiger partial charge in [0.2, 0.25) is 5.91 Å². The number of sulfone groups is 1. The summed E-state index contributed by atoms with van der Waals surface area (Å²) in [5.41, 5.74) is -0.0101. The Labute approximate surface area is 140 Å². The second kappa shape index (κ2) is 6.07. The predicted molar refractivity (Wildman–Crippen MR) is 85.2 cm³/mol. The number of carbonyl (C=O) groups is 1. The van der Waals surface area contributed by atoms with E-state index in [-0.39, 0.29) is 42.1 Å². The molecule has 2 heterocycles. The topological polar surface area (TPSA) is 57.7 Å². The van der Waals surface area contributed by atoms with Gasteiger partial charge < -0.3 is 9.80 Å². The van der Waals surface area contributed by atoms with Gasteiger partial charge in [-0.25, -0.2) is 17.2 Å². The Hall–Kier alpha value is -1.54. The van der Waals surface area contributed by atoms with Crippen molar-refractivity contribution in [3.05, 3.63) is 35.4 Å². The van der Waals surface area contributed by atoms with Crippen molar-refractivity contribution in [2.75, 3.05) is 32.9 Å². The van der Waals surface area contributed by atoms with Gasteiger partial charge in [0.1, 0.15) is 0 Å². The fourth-order valence-electron chi connectivity index (χ4n) is 3.73. The Kier molecular flexibility index (Phi) is 4.37. The zero-order chi connectivity index (χ0) is 17.6. The summed E-state index contributed by atoms with van der Waals surface area (Å²) in [6.45, 7) is 0.468. The molecule has 0 unspecified atom stereocenters. The van der Waals surface area contributed by atoms with Crippen LogP contribution in [0.4, 0.5) is 8.78 Å². The third-order valence-electron chi connectivity index (χ3n) is 5.06. The van der Waals surface area contributed by atoms with Crippen LogP contribution in [0, 0.1) is 17.6 Å². The average molecular weight is 358 g/mol. The molecule has 8 heteroatoms. The highest BCUT2D eigenvalue weighted by molar-refractivity contribution is 7.92. The van der Waals surface area contributed by atoms with E-state index in [4.69, 9.17) is 0 Å². The summed E-state index contributed by atoms with van der Waals surface area (Å²) in [7, 11) is 0.415. The number of rotatable bonds is 3. The van der Waals surface area contributed by atoms with Crippen LogP contribution >= 0.6 is 0 Å². The summed E-state index contributed by atoms with van der Waals surface area (Å²) in [5.74, 6) is -2.42. The SMILES string of the molecule is CN(C)[C@H]1CS(=O)(=O)[C@H]2CN(C(=O)Cc3cccc(F)c3F)C[C@@H]12. The molecule has 2 aliphatic rings. The summed E-state index contributed by atoms with van der Waals surface area (Å²) < 4.78 is 51.6. The van der Waals surface area contributed by atoms with Crippen molar-refractivity contribution in [3.8, 4) is 0 Å². The van der Waals surface area contributed by atoms with Crippen molar-refractivity contribution in [1.29, 1.82) is 0 Å². The highest BCUT2D eigenvalue weighted by Crippen LogP contribution is 2.36. The highest BCUT2D eigenvalue weighted by atomic mass is 32.2. The molecule has 0 N–H and O–H groups in total. The van der Waals surface area contributed by atoms with Crippen LogP contribution in [0.25, 0.3) is 0 Å². The molecule has 1 amide bonds. The summed E-state index contributed by atoms with van der Waals surface area (Å²) >= 11 is 0. The van der Waals surface area contributed by atoms with Crippen LogP contribution in [0.2, 0.25) is 0 Å². The largest absolute Gasteiger partial charge is 0.341 e. The van der Waals surface area contributed by atoms with Gasteiger partial charge in [0.25, 0.3) is 0 Å². The van der Waals surface area contributed by atoms with Crippen molar-refractivity contribution < 1.29 is 22.0 Å². The van der Waals surface area contributed by atoms with E-state index in [2.05, 4.69) is 0 Å². The summed E-state index contributed by atoms with van der Waals surface area (Å²) in [6, 6.07) is 3.60. The number of nitrogens with zero attached hydrogens (tertiary/aromatic N) is 2. The number of carbonyl (C=O) groups excluding carboxylic acids is 1. The van der Waals surface area contributed by atoms with Gasteiger partial charge in [0.15, 0.2) is 21.5 Å². The first-order valence-electron chi connectivity index (χ1n) is 7.79. The molecule has 0 radical (unpaired) electrons. The van der Waals surface area contributed by atoms with Gasteiger partial charge in [0, 0.05) is 30.6 Å². The maximum absolute atomic E-state index is 13.7. The number of amides is 1. The maximum Gasteiger partial charge on any atom is 0.227 e. The van der Waals surface area contributed by atoms with Gasteiger partial charge >= 0.3 is 0 Å². The van der Waals surface area contributed by atoms with Crippen molar-refractivity contribution in [2.24, 2.45) is 5.92 Å². The van der Waals surface area contributed by atoms with E-state index < -0.39 is 26.7 Å². The summed E-state index contributed by atoms with van der Waals surface area (Å²) in [4.78, 5) is 15.8. The second-order valence-corrected chi connectivity index (χ2v) is 9.02. The zero-order valence-electron chi connectivity index (χ0n) is 13.6. The average Bonchev–Trinajstić information content (AvgIpc) is 3.04. The van der Waals surface area contributed by atoms with E-state index in [1.54, 1.807) is 0 Å². The van der Waals surface area contributed by atoms with Crippen LogP contribution in [0.15, 0.2) is 18.2 Å². The van der Waals surface area contributed by atoms with Crippen LogP contribution in [0.3, 0.4) is 0 Å². The minimum absolute atomic E-state index is 0.0101. The van der Waals surface area contributed by atoms with Gasteiger partial charge in [-0.15, -0.1) is 0 Å². The third-order valence-corrected chi connectivity index (χ3v) is 7.28. The van der Waals surface area contributed by atoms with Crippen LogP contribution < -0.4 is 0 Å². The summed E-state index contributed by atoms with van der Waals surface area (Å²) in [5, 5.41) is -0.564. The first-order valence-corrected chi connectivity index (χ1v) is 9.51. The molecule has 5 nitrogen and oxygen atoms in total. The molecule has 2 fully saturated rings. The number of hydrogen-bond donors (Lipinski definition) is 0. The summed E-state index contributed by atoms with van der Waals surface area (Å²) in [6.07, 6.45) is -0.268. The number of likely N-dealkylation sites (tertiary alicyclic amines) is 1. The lowest BCUT2D eigenvalue weighted by atomic mass is 10.00.